The minimum atomic E-state index is -0.189. The average molecular weight is 438 g/mol. The first-order valence-corrected chi connectivity index (χ1v) is 11.3. The molecule has 0 bridgehead atoms. The van der Waals surface area contributed by atoms with E-state index in [1.165, 1.54) is 17.4 Å². The number of hydrogen-bond acceptors (Lipinski definition) is 6. The molecule has 1 aliphatic rings. The highest BCUT2D eigenvalue weighted by atomic mass is 32.1. The van der Waals surface area contributed by atoms with Gasteiger partial charge in [-0.25, -0.2) is 9.37 Å². The molecule has 1 atom stereocenters. The van der Waals surface area contributed by atoms with Crippen molar-refractivity contribution < 1.29 is 9.50 Å². The number of aromatic hydroxyl groups is 1. The van der Waals surface area contributed by atoms with E-state index >= 15 is 0 Å². The van der Waals surface area contributed by atoms with Gasteiger partial charge >= 0.3 is 0 Å². The fraction of sp³-hybridized carbons (Fsp3) is 0.304. The minimum absolute atomic E-state index is 0.109. The SMILES string of the molecule is CCc1nc2sc([C@@H](c3ccccc3)N3CCN(c4ccccc4F)CC3)c(O)n2n1. The number of aryl methyl sites for hydroxylation is 1. The van der Waals surface area contributed by atoms with Gasteiger partial charge in [0.1, 0.15) is 5.82 Å². The third-order valence-electron chi connectivity index (χ3n) is 5.80. The summed E-state index contributed by atoms with van der Waals surface area (Å²) in [5, 5.41) is 15.4. The summed E-state index contributed by atoms with van der Waals surface area (Å²) in [5.74, 6) is 0.686. The van der Waals surface area contributed by atoms with Gasteiger partial charge in [-0.2, -0.15) is 4.52 Å². The first-order valence-electron chi connectivity index (χ1n) is 10.5. The minimum Gasteiger partial charge on any atom is -0.492 e. The van der Waals surface area contributed by atoms with Crippen molar-refractivity contribution in [2.24, 2.45) is 0 Å². The third-order valence-corrected chi connectivity index (χ3v) is 6.87. The Labute approximate surface area is 184 Å². The van der Waals surface area contributed by atoms with Gasteiger partial charge in [0.2, 0.25) is 10.8 Å². The van der Waals surface area contributed by atoms with Gasteiger partial charge in [-0.3, -0.25) is 4.90 Å². The van der Waals surface area contributed by atoms with Crippen LogP contribution in [0.4, 0.5) is 10.1 Å². The predicted molar refractivity (Wildman–Crippen MR) is 120 cm³/mol. The molecule has 160 valence electrons. The van der Waals surface area contributed by atoms with E-state index in [4.69, 9.17) is 0 Å². The van der Waals surface area contributed by atoms with E-state index in [0.29, 0.717) is 23.7 Å². The smallest absolute Gasteiger partial charge is 0.230 e. The van der Waals surface area contributed by atoms with E-state index in [2.05, 4.69) is 32.0 Å². The van der Waals surface area contributed by atoms with Crippen LogP contribution in [-0.4, -0.2) is 50.8 Å². The number of para-hydroxylation sites is 1. The first-order chi connectivity index (χ1) is 15.2. The molecule has 0 saturated carbocycles. The zero-order valence-electron chi connectivity index (χ0n) is 17.3. The summed E-state index contributed by atoms with van der Waals surface area (Å²) in [6.07, 6.45) is 0.725. The molecule has 1 saturated heterocycles. The largest absolute Gasteiger partial charge is 0.492 e. The normalized spacial score (nSPS) is 16.1. The molecule has 4 aromatic rings. The lowest BCUT2D eigenvalue weighted by molar-refractivity contribution is 0.210. The van der Waals surface area contributed by atoms with E-state index < -0.39 is 0 Å². The first kappa shape index (κ1) is 20.0. The Balaban J connectivity index is 1.47. The molecular weight excluding hydrogens is 413 g/mol. The van der Waals surface area contributed by atoms with E-state index in [1.807, 2.05) is 37.3 Å². The second-order valence-electron chi connectivity index (χ2n) is 7.65. The van der Waals surface area contributed by atoms with Crippen molar-refractivity contribution >= 4 is 22.0 Å². The molecule has 0 spiro atoms. The molecule has 0 radical (unpaired) electrons. The van der Waals surface area contributed by atoms with Crippen LogP contribution in [0.15, 0.2) is 54.6 Å². The summed E-state index contributed by atoms with van der Waals surface area (Å²) < 4.78 is 15.8. The lowest BCUT2D eigenvalue weighted by Gasteiger charge is -2.40. The van der Waals surface area contributed by atoms with Crippen LogP contribution in [0.2, 0.25) is 0 Å². The summed E-state index contributed by atoms with van der Waals surface area (Å²) in [4.78, 5) is 10.5. The fourth-order valence-corrected chi connectivity index (χ4v) is 5.35. The summed E-state index contributed by atoms with van der Waals surface area (Å²) in [7, 11) is 0. The number of aromatic nitrogens is 3. The van der Waals surface area contributed by atoms with E-state index in [-0.39, 0.29) is 17.7 Å². The molecule has 1 aliphatic heterocycles. The molecule has 2 aromatic carbocycles. The van der Waals surface area contributed by atoms with Crippen molar-refractivity contribution in [3.63, 3.8) is 0 Å². The average Bonchev–Trinajstić information content (AvgIpc) is 3.35. The van der Waals surface area contributed by atoms with Gasteiger partial charge in [-0.05, 0) is 17.7 Å². The van der Waals surface area contributed by atoms with Crippen LogP contribution in [0.5, 0.6) is 5.88 Å². The lowest BCUT2D eigenvalue weighted by Crippen LogP contribution is -2.48. The third kappa shape index (κ3) is 3.66. The van der Waals surface area contributed by atoms with Crippen molar-refractivity contribution in [1.82, 2.24) is 19.5 Å². The van der Waals surface area contributed by atoms with Crippen molar-refractivity contribution in [2.75, 3.05) is 31.1 Å². The molecule has 2 aromatic heterocycles. The fourth-order valence-electron chi connectivity index (χ4n) is 4.21. The van der Waals surface area contributed by atoms with Gasteiger partial charge in [0.05, 0.1) is 16.6 Å². The van der Waals surface area contributed by atoms with Gasteiger partial charge in [-0.15, -0.1) is 5.10 Å². The summed E-state index contributed by atoms with van der Waals surface area (Å²) in [5.41, 5.74) is 1.75. The van der Waals surface area contributed by atoms with E-state index in [1.54, 1.807) is 10.6 Å². The summed E-state index contributed by atoms with van der Waals surface area (Å²) in [6.45, 7) is 4.93. The molecule has 3 heterocycles. The molecule has 0 amide bonds. The van der Waals surface area contributed by atoms with Gasteiger partial charge in [-0.1, -0.05) is 60.7 Å². The van der Waals surface area contributed by atoms with Crippen LogP contribution < -0.4 is 4.90 Å². The molecule has 6 nitrogen and oxygen atoms in total. The monoisotopic (exact) mass is 437 g/mol. The predicted octanol–water partition coefficient (Wildman–Crippen LogP) is 4.11. The van der Waals surface area contributed by atoms with Crippen molar-refractivity contribution in [1.29, 1.82) is 0 Å². The number of anilines is 1. The van der Waals surface area contributed by atoms with Crippen LogP contribution >= 0.6 is 11.3 Å². The highest BCUT2D eigenvalue weighted by Gasteiger charge is 2.32. The number of benzene rings is 2. The number of rotatable bonds is 5. The Morgan fingerprint density at radius 2 is 1.74 bits per heavy atom. The maximum absolute atomic E-state index is 14.3. The highest BCUT2D eigenvalue weighted by Crippen LogP contribution is 2.40. The number of piperazine rings is 1. The van der Waals surface area contributed by atoms with Crippen molar-refractivity contribution in [3.8, 4) is 5.88 Å². The molecule has 5 rings (SSSR count). The lowest BCUT2D eigenvalue weighted by atomic mass is 10.0. The van der Waals surface area contributed by atoms with Gasteiger partial charge < -0.3 is 10.0 Å². The number of nitrogens with zero attached hydrogens (tertiary/aromatic N) is 5. The second kappa shape index (κ2) is 8.28. The van der Waals surface area contributed by atoms with Gasteiger partial charge in [0.15, 0.2) is 5.82 Å². The maximum Gasteiger partial charge on any atom is 0.230 e. The van der Waals surface area contributed by atoms with E-state index in [0.717, 1.165) is 35.8 Å². The molecule has 0 aliphatic carbocycles. The van der Waals surface area contributed by atoms with Crippen molar-refractivity contribution in [3.05, 3.63) is 76.7 Å². The highest BCUT2D eigenvalue weighted by molar-refractivity contribution is 7.17. The zero-order chi connectivity index (χ0) is 21.4. The maximum atomic E-state index is 14.3. The number of halogens is 1. The summed E-state index contributed by atoms with van der Waals surface area (Å²) >= 11 is 1.48. The standard InChI is InChI=1S/C23H24FN5OS/c1-2-19-25-23-29(26-19)22(30)21(31-23)20(16-8-4-3-5-9-16)28-14-12-27(13-15-28)18-11-7-6-10-17(18)24/h3-11,20,30H,2,12-15H2,1H3/t20-/m1/s1. The Kier molecular flexibility index (Phi) is 5.33. The second-order valence-corrected chi connectivity index (χ2v) is 8.66. The number of thiazole rings is 1. The van der Waals surface area contributed by atoms with Crippen LogP contribution in [0.25, 0.3) is 4.96 Å². The molecular formula is C23H24FN5OS. The van der Waals surface area contributed by atoms with Crippen molar-refractivity contribution in [2.45, 2.75) is 19.4 Å². The molecule has 1 N–H and O–H groups in total. The number of fused-ring (bicyclic) bond motifs is 1. The number of hydrogen-bond donors (Lipinski definition) is 1. The van der Waals surface area contributed by atoms with Crippen LogP contribution in [0, 0.1) is 5.82 Å². The molecule has 8 heteroatoms. The van der Waals surface area contributed by atoms with Gasteiger partial charge in [0.25, 0.3) is 0 Å². The molecule has 1 fully saturated rings. The molecule has 0 unspecified atom stereocenters. The zero-order valence-corrected chi connectivity index (χ0v) is 18.1. The van der Waals surface area contributed by atoms with E-state index in [9.17, 15) is 9.50 Å². The Bertz CT molecular complexity index is 1180. The van der Waals surface area contributed by atoms with Crippen LogP contribution in [0.3, 0.4) is 0 Å². The van der Waals surface area contributed by atoms with Crippen LogP contribution in [0.1, 0.15) is 29.2 Å². The Morgan fingerprint density at radius 3 is 2.42 bits per heavy atom. The molecule has 31 heavy (non-hydrogen) atoms. The van der Waals surface area contributed by atoms with Crippen LogP contribution in [-0.2, 0) is 6.42 Å². The quantitative estimate of drug-likeness (QED) is 0.509. The summed E-state index contributed by atoms with van der Waals surface area (Å²) in [6, 6.07) is 17.0. The van der Waals surface area contributed by atoms with Gasteiger partial charge in [0, 0.05) is 32.6 Å². The Morgan fingerprint density at radius 1 is 1.03 bits per heavy atom. The topological polar surface area (TPSA) is 56.9 Å². The Hall–Kier alpha value is -2.97.